The van der Waals surface area contributed by atoms with Gasteiger partial charge in [-0.15, -0.1) is 0 Å². The van der Waals surface area contributed by atoms with Crippen molar-refractivity contribution < 1.29 is 32.9 Å². The zero-order chi connectivity index (χ0) is 49.2. The van der Waals surface area contributed by atoms with Crippen LogP contribution in [0.2, 0.25) is 0 Å². The summed E-state index contributed by atoms with van der Waals surface area (Å²) in [5.74, 6) is -0.160. The average Bonchev–Trinajstić information content (AvgIpc) is 3.29. The van der Waals surface area contributed by atoms with E-state index in [1.165, 1.54) is 250 Å². The first-order valence-electron chi connectivity index (χ1n) is 29.9. The normalized spacial score (nSPS) is 13.8. The summed E-state index contributed by atoms with van der Waals surface area (Å²) in [4.78, 5) is 25.4. The molecule has 402 valence electrons. The molecule has 2 N–H and O–H groups in total. The third-order valence-electron chi connectivity index (χ3n) is 14.1. The van der Waals surface area contributed by atoms with Gasteiger partial charge in [-0.05, 0) is 12.8 Å². The molecule has 0 radical (unpaired) electrons. The van der Waals surface area contributed by atoms with Gasteiger partial charge in [0.1, 0.15) is 13.2 Å². The topological polar surface area (TPSA) is 108 Å². The maximum absolute atomic E-state index is 12.9. The van der Waals surface area contributed by atoms with E-state index in [-0.39, 0.29) is 19.1 Å². The second-order valence-corrected chi connectivity index (χ2v) is 23.5. The Kier molecular flexibility index (Phi) is 50.1. The number of likely N-dealkylation sites (N-methyl/N-ethyl adjacent to an activating group) is 1. The van der Waals surface area contributed by atoms with Crippen LogP contribution in [0.1, 0.15) is 316 Å². The molecule has 9 heteroatoms. The lowest BCUT2D eigenvalue weighted by Crippen LogP contribution is -2.46. The Morgan fingerprint density at radius 1 is 0.463 bits per heavy atom. The van der Waals surface area contributed by atoms with Crippen LogP contribution in [0.25, 0.3) is 0 Å². The van der Waals surface area contributed by atoms with Crippen molar-refractivity contribution in [2.45, 2.75) is 328 Å². The summed E-state index contributed by atoms with van der Waals surface area (Å²) in [6.45, 7) is 4.74. The molecule has 0 fully saturated rings. The lowest BCUT2D eigenvalue weighted by atomic mass is 10.0. The first-order chi connectivity index (χ1) is 32.5. The van der Waals surface area contributed by atoms with Crippen LogP contribution in [-0.4, -0.2) is 68.5 Å². The standard InChI is InChI=1S/C58H119N2O6P/c1-6-8-10-12-14-16-17-18-19-20-21-22-23-24-25-26-27-28-29-30-31-32-33-34-35-36-37-38-39-40-41-42-44-46-48-50-52-58(62)59-56(55-66-67(63,64)65-54-53-60(3,4)5)57(61)51-49-47-45-43-15-13-11-9-7-2/h56-57,61H,6-55H2,1-5H3,(H-,59,62,63,64). The largest absolute Gasteiger partial charge is 0.756 e. The van der Waals surface area contributed by atoms with E-state index in [4.69, 9.17) is 9.05 Å². The number of quaternary nitrogens is 1. The molecule has 0 spiro atoms. The number of hydrogen-bond acceptors (Lipinski definition) is 6. The monoisotopic (exact) mass is 971 g/mol. The highest BCUT2D eigenvalue weighted by Crippen LogP contribution is 2.38. The zero-order valence-corrected chi connectivity index (χ0v) is 46.8. The molecule has 67 heavy (non-hydrogen) atoms. The number of amides is 1. The minimum absolute atomic E-state index is 0.0159. The molecule has 0 rings (SSSR count). The third kappa shape index (κ3) is 53.1. The zero-order valence-electron chi connectivity index (χ0n) is 45.9. The van der Waals surface area contributed by atoms with Crippen LogP contribution in [-0.2, 0) is 18.4 Å². The van der Waals surface area contributed by atoms with Crippen molar-refractivity contribution in [1.29, 1.82) is 0 Å². The number of carbonyl (C=O) groups is 1. The van der Waals surface area contributed by atoms with Crippen molar-refractivity contribution in [3.05, 3.63) is 0 Å². The molecule has 0 aliphatic carbocycles. The molecule has 1 amide bonds. The van der Waals surface area contributed by atoms with Crippen molar-refractivity contribution >= 4 is 13.7 Å². The average molecular weight is 972 g/mol. The summed E-state index contributed by atoms with van der Waals surface area (Å²) >= 11 is 0. The lowest BCUT2D eigenvalue weighted by Gasteiger charge is -2.30. The SMILES string of the molecule is CCCCCCCCCCCCCCCCCCCCCCCCCCCCCCCCCCCCCCC(=O)NC(COP(=O)([O-])OCC[N+](C)(C)C)C(O)CCCCCCCCCCC. The molecule has 3 atom stereocenters. The summed E-state index contributed by atoms with van der Waals surface area (Å²) in [6.07, 6.45) is 60.5. The number of phosphoric acid groups is 1. The highest BCUT2D eigenvalue weighted by molar-refractivity contribution is 7.45. The van der Waals surface area contributed by atoms with E-state index in [1.54, 1.807) is 0 Å². The van der Waals surface area contributed by atoms with Crippen LogP contribution < -0.4 is 10.2 Å². The Labute approximate surface area is 419 Å². The Bertz CT molecular complexity index is 1060. The molecule has 8 nitrogen and oxygen atoms in total. The fourth-order valence-electron chi connectivity index (χ4n) is 9.40. The Balaban J connectivity index is 3.77. The molecule has 0 aromatic carbocycles. The van der Waals surface area contributed by atoms with Crippen LogP contribution >= 0.6 is 7.82 Å². The predicted octanol–water partition coefficient (Wildman–Crippen LogP) is 17.4. The highest BCUT2D eigenvalue weighted by Gasteiger charge is 2.24. The number of aliphatic hydroxyl groups is 1. The molecular weight excluding hydrogens is 852 g/mol. The van der Waals surface area contributed by atoms with Crippen LogP contribution in [0, 0.1) is 0 Å². The Morgan fingerprint density at radius 2 is 0.731 bits per heavy atom. The van der Waals surface area contributed by atoms with E-state index >= 15 is 0 Å². The van der Waals surface area contributed by atoms with Gasteiger partial charge in [-0.25, -0.2) is 0 Å². The summed E-state index contributed by atoms with van der Waals surface area (Å²) in [5, 5.41) is 13.9. The number of carbonyl (C=O) groups excluding carboxylic acids is 1. The van der Waals surface area contributed by atoms with Crippen molar-refractivity contribution in [2.24, 2.45) is 0 Å². The van der Waals surface area contributed by atoms with E-state index in [0.29, 0.717) is 23.9 Å². The smallest absolute Gasteiger partial charge is 0.268 e. The quantitative estimate of drug-likeness (QED) is 0.0357. The van der Waals surface area contributed by atoms with Gasteiger partial charge >= 0.3 is 0 Å². The fourth-order valence-corrected chi connectivity index (χ4v) is 10.1. The van der Waals surface area contributed by atoms with E-state index in [0.717, 1.165) is 38.5 Å². The molecule has 0 aliphatic rings. The van der Waals surface area contributed by atoms with E-state index in [2.05, 4.69) is 19.2 Å². The number of rotatable bonds is 56. The molecule has 0 bridgehead atoms. The van der Waals surface area contributed by atoms with Gasteiger partial charge < -0.3 is 28.8 Å². The van der Waals surface area contributed by atoms with Gasteiger partial charge in [0, 0.05) is 6.42 Å². The van der Waals surface area contributed by atoms with E-state index < -0.39 is 20.0 Å². The molecular formula is C58H119N2O6P. The van der Waals surface area contributed by atoms with E-state index in [1.807, 2.05) is 21.1 Å². The van der Waals surface area contributed by atoms with Crippen molar-refractivity contribution in [3.8, 4) is 0 Å². The minimum atomic E-state index is -4.56. The second kappa shape index (κ2) is 50.4. The maximum Gasteiger partial charge on any atom is 0.268 e. The van der Waals surface area contributed by atoms with Gasteiger partial charge in [-0.2, -0.15) is 0 Å². The number of hydrogen-bond donors (Lipinski definition) is 2. The fraction of sp³-hybridized carbons (Fsp3) is 0.983. The minimum Gasteiger partial charge on any atom is -0.756 e. The number of unbranched alkanes of at least 4 members (excludes halogenated alkanes) is 43. The lowest BCUT2D eigenvalue weighted by molar-refractivity contribution is -0.870. The Morgan fingerprint density at radius 3 is 1.01 bits per heavy atom. The van der Waals surface area contributed by atoms with Crippen molar-refractivity contribution in [1.82, 2.24) is 5.32 Å². The van der Waals surface area contributed by atoms with Gasteiger partial charge in [-0.1, -0.05) is 296 Å². The number of nitrogens with one attached hydrogen (secondary N) is 1. The predicted molar refractivity (Wildman–Crippen MR) is 289 cm³/mol. The van der Waals surface area contributed by atoms with Crippen LogP contribution in [0.15, 0.2) is 0 Å². The summed E-state index contributed by atoms with van der Waals surface area (Å²) in [5.41, 5.74) is 0. The van der Waals surface area contributed by atoms with Gasteiger partial charge in [0.2, 0.25) is 5.91 Å². The highest BCUT2D eigenvalue weighted by atomic mass is 31.2. The second-order valence-electron chi connectivity index (χ2n) is 22.1. The van der Waals surface area contributed by atoms with Crippen molar-refractivity contribution in [3.63, 3.8) is 0 Å². The van der Waals surface area contributed by atoms with Gasteiger partial charge in [0.25, 0.3) is 7.82 Å². The van der Waals surface area contributed by atoms with Crippen LogP contribution in [0.4, 0.5) is 0 Å². The molecule has 3 unspecified atom stereocenters. The van der Waals surface area contributed by atoms with Crippen molar-refractivity contribution in [2.75, 3.05) is 40.9 Å². The molecule has 0 aromatic rings. The number of aliphatic hydroxyl groups excluding tert-OH is 1. The number of nitrogens with zero attached hydrogens (tertiary/aromatic N) is 1. The molecule has 0 heterocycles. The third-order valence-corrected chi connectivity index (χ3v) is 15.1. The first-order valence-corrected chi connectivity index (χ1v) is 31.3. The Hall–Kier alpha value is -0.500. The molecule has 0 saturated carbocycles. The molecule has 0 saturated heterocycles. The van der Waals surface area contributed by atoms with E-state index in [9.17, 15) is 19.4 Å². The van der Waals surface area contributed by atoms with Crippen LogP contribution in [0.3, 0.4) is 0 Å². The van der Waals surface area contributed by atoms with Gasteiger partial charge in [0.05, 0.1) is 39.9 Å². The summed E-state index contributed by atoms with van der Waals surface area (Å²) in [7, 11) is 1.32. The van der Waals surface area contributed by atoms with Gasteiger partial charge in [-0.3, -0.25) is 9.36 Å². The summed E-state index contributed by atoms with van der Waals surface area (Å²) < 4.78 is 23.3. The first kappa shape index (κ1) is 66.5. The van der Waals surface area contributed by atoms with Crippen LogP contribution in [0.5, 0.6) is 0 Å². The van der Waals surface area contributed by atoms with Gasteiger partial charge in [0.15, 0.2) is 0 Å². The maximum atomic E-state index is 12.9. The number of phosphoric ester groups is 1. The summed E-state index contributed by atoms with van der Waals surface area (Å²) in [6, 6.07) is -0.793. The molecule has 0 aliphatic heterocycles. The molecule has 0 aromatic heterocycles.